The van der Waals surface area contributed by atoms with Crippen LogP contribution in [0.3, 0.4) is 0 Å². The second-order valence-corrected chi connectivity index (χ2v) is 13.7. The van der Waals surface area contributed by atoms with Gasteiger partial charge in [-0.2, -0.15) is 0 Å². The topological polar surface area (TPSA) is 48.1 Å². The minimum absolute atomic E-state index is 0.0509. The minimum Gasteiger partial charge on any atom is -0.435 e. The van der Waals surface area contributed by atoms with E-state index in [1.807, 2.05) is 6.92 Å². The summed E-state index contributed by atoms with van der Waals surface area (Å²) in [5, 5.41) is 0. The lowest BCUT2D eigenvalue weighted by Crippen LogP contribution is -2.59. The smallest absolute Gasteiger partial charge is 0.435 e. The van der Waals surface area contributed by atoms with E-state index in [2.05, 4.69) is 34.6 Å². The predicted molar refractivity (Wildman–Crippen MR) is 134 cm³/mol. The van der Waals surface area contributed by atoms with Crippen LogP contribution < -0.4 is 0 Å². The molecule has 34 heavy (non-hydrogen) atoms. The summed E-state index contributed by atoms with van der Waals surface area (Å²) >= 11 is 0. The average Bonchev–Trinajstić information content (AvgIpc) is 3.34. The fourth-order valence-electron chi connectivity index (χ4n) is 10.1. The lowest BCUT2D eigenvalue weighted by Gasteiger charge is -2.59. The third-order valence-electron chi connectivity index (χ3n) is 11.8. The van der Waals surface area contributed by atoms with E-state index >= 15 is 0 Å². The zero-order chi connectivity index (χ0) is 24.3. The summed E-state index contributed by atoms with van der Waals surface area (Å²) in [7, 11) is 0. The second-order valence-electron chi connectivity index (χ2n) is 13.7. The molecule has 1 heterocycles. The molecule has 0 radical (unpaired) electrons. The van der Waals surface area contributed by atoms with Crippen molar-refractivity contribution in [1.29, 1.82) is 0 Å². The van der Waals surface area contributed by atoms with Crippen LogP contribution in [0.1, 0.15) is 112 Å². The Kier molecular flexibility index (Phi) is 6.56. The molecule has 1 spiro atoms. The normalized spacial score (nSPS) is 47.7. The highest BCUT2D eigenvalue weighted by Crippen LogP contribution is 2.74. The van der Waals surface area contributed by atoms with Crippen molar-refractivity contribution in [3.8, 4) is 0 Å². The number of carbonyl (C=O) groups excluding carboxylic acids is 1. The predicted octanol–water partition coefficient (Wildman–Crippen LogP) is 7.78. The summed E-state index contributed by atoms with van der Waals surface area (Å²) in [6, 6.07) is 0. The number of ether oxygens (including phenoxy) is 3. The summed E-state index contributed by atoms with van der Waals surface area (Å²) in [6.45, 7) is 14.7. The van der Waals surface area contributed by atoms with Gasteiger partial charge in [-0.25, -0.2) is 4.79 Å². The molecule has 10 atom stereocenters. The van der Waals surface area contributed by atoms with Crippen LogP contribution in [0.15, 0.2) is 0 Å². The van der Waals surface area contributed by atoms with Crippen LogP contribution in [0, 0.1) is 46.3 Å². The second kappa shape index (κ2) is 8.96. The molecule has 0 aromatic rings. The van der Waals surface area contributed by atoms with Gasteiger partial charge in [-0.1, -0.05) is 53.9 Å². The van der Waals surface area contributed by atoms with Crippen molar-refractivity contribution in [3.63, 3.8) is 0 Å². The molecule has 0 N–H and O–H groups in total. The zero-order valence-electron chi connectivity index (χ0n) is 22.7. The molecule has 194 valence electrons. The maximum absolute atomic E-state index is 12.0. The SMILES string of the molecule is CCOC(=O)O[C@H]1CC[C@]2(C)C3CC[C@@]4(C)C(CC[C@@H]4C(C)CCCC(C)C)C3C[C@@H]3O[C@@]32C1. The van der Waals surface area contributed by atoms with Crippen LogP contribution in [0.5, 0.6) is 0 Å². The van der Waals surface area contributed by atoms with Crippen molar-refractivity contribution in [2.24, 2.45) is 46.3 Å². The zero-order valence-corrected chi connectivity index (χ0v) is 22.7. The van der Waals surface area contributed by atoms with E-state index in [1.165, 1.54) is 51.4 Å². The average molecular weight is 475 g/mol. The van der Waals surface area contributed by atoms with Crippen LogP contribution in [-0.2, 0) is 14.2 Å². The lowest BCUT2D eigenvalue weighted by molar-refractivity contribution is -0.120. The number of hydrogen-bond donors (Lipinski definition) is 0. The molecule has 4 nitrogen and oxygen atoms in total. The van der Waals surface area contributed by atoms with E-state index in [1.54, 1.807) is 0 Å². The van der Waals surface area contributed by atoms with Crippen LogP contribution in [-0.4, -0.2) is 30.6 Å². The molecule has 1 saturated heterocycles. The van der Waals surface area contributed by atoms with Gasteiger partial charge < -0.3 is 14.2 Å². The van der Waals surface area contributed by atoms with Crippen LogP contribution >= 0.6 is 0 Å². The van der Waals surface area contributed by atoms with Gasteiger partial charge in [0.25, 0.3) is 0 Å². The fourth-order valence-corrected chi connectivity index (χ4v) is 10.1. The number of hydrogen-bond acceptors (Lipinski definition) is 4. The van der Waals surface area contributed by atoms with Gasteiger partial charge in [0, 0.05) is 11.8 Å². The molecule has 0 amide bonds. The first-order valence-corrected chi connectivity index (χ1v) is 14.7. The largest absolute Gasteiger partial charge is 0.508 e. The first-order chi connectivity index (χ1) is 16.1. The molecule has 4 saturated carbocycles. The van der Waals surface area contributed by atoms with Crippen molar-refractivity contribution < 1.29 is 19.0 Å². The molecule has 0 bridgehead atoms. The van der Waals surface area contributed by atoms with Gasteiger partial charge in [-0.15, -0.1) is 0 Å². The molecular formula is C30H50O4. The van der Waals surface area contributed by atoms with Crippen molar-refractivity contribution in [3.05, 3.63) is 0 Å². The van der Waals surface area contributed by atoms with Gasteiger partial charge >= 0.3 is 6.16 Å². The summed E-state index contributed by atoms with van der Waals surface area (Å²) in [6.07, 6.45) is 13.8. The van der Waals surface area contributed by atoms with Crippen LogP contribution in [0.2, 0.25) is 0 Å². The highest BCUT2D eigenvalue weighted by molar-refractivity contribution is 5.60. The van der Waals surface area contributed by atoms with Crippen molar-refractivity contribution in [2.75, 3.05) is 6.61 Å². The Morgan fingerprint density at radius 1 is 1.03 bits per heavy atom. The first kappa shape index (κ1) is 24.9. The van der Waals surface area contributed by atoms with E-state index in [0.717, 1.165) is 54.8 Å². The minimum atomic E-state index is -0.508. The van der Waals surface area contributed by atoms with E-state index in [9.17, 15) is 4.79 Å². The van der Waals surface area contributed by atoms with Gasteiger partial charge in [0.2, 0.25) is 0 Å². The Morgan fingerprint density at radius 2 is 1.82 bits per heavy atom. The van der Waals surface area contributed by atoms with Crippen molar-refractivity contribution >= 4 is 6.16 Å². The highest BCUT2D eigenvalue weighted by atomic mass is 16.7. The van der Waals surface area contributed by atoms with Crippen LogP contribution in [0.25, 0.3) is 0 Å². The molecule has 0 aromatic carbocycles. The van der Waals surface area contributed by atoms with Gasteiger partial charge in [-0.05, 0) is 92.8 Å². The van der Waals surface area contributed by atoms with E-state index in [4.69, 9.17) is 14.2 Å². The standard InChI is InChI=1S/C30H50O4/c1-7-32-27(31)33-21-13-16-29(6)25-14-15-28(5)23(20(4)10-8-9-19(2)3)11-12-24(28)22(25)17-26-30(29,18-21)34-26/h19-26H,7-18H2,1-6H3/t20?,21-,22?,23+,24?,25?,26-,28+,29+,30-/m0/s1. The van der Waals surface area contributed by atoms with Crippen LogP contribution in [0.4, 0.5) is 4.79 Å². The molecule has 4 unspecified atom stereocenters. The highest BCUT2D eigenvalue weighted by Gasteiger charge is 2.76. The quantitative estimate of drug-likeness (QED) is 0.279. The number of epoxide rings is 1. The number of carbonyl (C=O) groups is 1. The van der Waals surface area contributed by atoms with E-state index in [0.29, 0.717) is 18.1 Å². The molecule has 1 aliphatic heterocycles. The molecule has 5 fully saturated rings. The third kappa shape index (κ3) is 3.84. The van der Waals surface area contributed by atoms with Gasteiger partial charge in [0.15, 0.2) is 0 Å². The van der Waals surface area contributed by atoms with Crippen molar-refractivity contribution in [1.82, 2.24) is 0 Å². The maximum Gasteiger partial charge on any atom is 0.508 e. The monoisotopic (exact) mass is 474 g/mol. The van der Waals surface area contributed by atoms with E-state index < -0.39 is 6.16 Å². The third-order valence-corrected chi connectivity index (χ3v) is 11.8. The molecule has 5 aliphatic rings. The Hall–Kier alpha value is -0.770. The molecule has 4 heteroatoms. The first-order valence-electron chi connectivity index (χ1n) is 14.7. The molecular weight excluding hydrogens is 424 g/mol. The number of fused-ring (bicyclic) bond motifs is 4. The summed E-state index contributed by atoms with van der Waals surface area (Å²) in [5.74, 6) is 5.04. The molecule has 0 aromatic heterocycles. The van der Waals surface area contributed by atoms with Gasteiger partial charge in [0.1, 0.15) is 11.7 Å². The Bertz CT molecular complexity index is 765. The molecule has 5 rings (SSSR count). The summed E-state index contributed by atoms with van der Waals surface area (Å²) < 4.78 is 17.4. The van der Waals surface area contributed by atoms with Gasteiger partial charge in [-0.3, -0.25) is 0 Å². The Balaban J connectivity index is 1.27. The fraction of sp³-hybridized carbons (Fsp3) is 0.967. The van der Waals surface area contributed by atoms with Gasteiger partial charge in [0.05, 0.1) is 12.7 Å². The maximum atomic E-state index is 12.0. The Labute approximate surface area is 208 Å². The van der Waals surface area contributed by atoms with E-state index in [-0.39, 0.29) is 17.1 Å². The molecule has 4 aliphatic carbocycles. The summed E-state index contributed by atoms with van der Waals surface area (Å²) in [4.78, 5) is 12.0. The number of rotatable bonds is 7. The lowest BCUT2D eigenvalue weighted by atomic mass is 9.44. The summed E-state index contributed by atoms with van der Waals surface area (Å²) in [5.41, 5.74) is 0.699. The van der Waals surface area contributed by atoms with Crippen molar-refractivity contribution in [2.45, 2.75) is 130 Å². The Morgan fingerprint density at radius 3 is 2.56 bits per heavy atom.